The Labute approximate surface area is 121 Å². The van der Waals surface area contributed by atoms with Gasteiger partial charge in [-0.3, -0.25) is 0 Å². The van der Waals surface area contributed by atoms with Crippen LogP contribution in [0.15, 0.2) is 24.3 Å². The quantitative estimate of drug-likeness (QED) is 0.875. The predicted molar refractivity (Wildman–Crippen MR) is 82.2 cm³/mol. The molecule has 2 atom stereocenters. The van der Waals surface area contributed by atoms with Crippen molar-refractivity contribution < 1.29 is 0 Å². The highest BCUT2D eigenvalue weighted by Gasteiger charge is 2.32. The summed E-state index contributed by atoms with van der Waals surface area (Å²) in [5.41, 5.74) is 13.8. The summed E-state index contributed by atoms with van der Waals surface area (Å²) >= 11 is 6.02. The first-order valence-corrected chi connectivity index (χ1v) is 7.67. The van der Waals surface area contributed by atoms with Gasteiger partial charge in [0.25, 0.3) is 0 Å². The zero-order chi connectivity index (χ0) is 13.9. The lowest BCUT2D eigenvalue weighted by molar-refractivity contribution is 0.200. The van der Waals surface area contributed by atoms with Crippen LogP contribution in [0.25, 0.3) is 0 Å². The molecule has 0 aliphatic heterocycles. The smallest absolute Gasteiger partial charge is 0.0409 e. The average Bonchev–Trinajstić information content (AvgIpc) is 2.39. The molecular weight excluding hydrogens is 256 g/mol. The van der Waals surface area contributed by atoms with Gasteiger partial charge in [-0.1, -0.05) is 43.0 Å². The third kappa shape index (κ3) is 3.95. The van der Waals surface area contributed by atoms with E-state index in [2.05, 4.69) is 6.92 Å². The lowest BCUT2D eigenvalue weighted by Gasteiger charge is -2.38. The second-order valence-corrected chi connectivity index (χ2v) is 6.64. The van der Waals surface area contributed by atoms with Crippen LogP contribution in [0.2, 0.25) is 5.02 Å². The van der Waals surface area contributed by atoms with Gasteiger partial charge in [-0.25, -0.2) is 0 Å². The van der Waals surface area contributed by atoms with Crippen molar-refractivity contribution in [2.24, 2.45) is 17.4 Å². The summed E-state index contributed by atoms with van der Waals surface area (Å²) in [7, 11) is 0. The van der Waals surface area contributed by atoms with E-state index in [1.54, 1.807) is 0 Å². The molecule has 0 amide bonds. The lowest BCUT2D eigenvalue weighted by atomic mass is 9.73. The topological polar surface area (TPSA) is 52.0 Å². The molecule has 2 rings (SSSR count). The molecule has 4 N–H and O–H groups in total. The fraction of sp³-hybridized carbons (Fsp3) is 0.625. The van der Waals surface area contributed by atoms with Crippen molar-refractivity contribution in [1.29, 1.82) is 0 Å². The van der Waals surface area contributed by atoms with E-state index in [-0.39, 0.29) is 11.6 Å². The van der Waals surface area contributed by atoms with Crippen molar-refractivity contribution in [2.45, 2.75) is 57.0 Å². The zero-order valence-electron chi connectivity index (χ0n) is 11.7. The highest BCUT2D eigenvalue weighted by Crippen LogP contribution is 2.35. The Morgan fingerprint density at radius 3 is 2.63 bits per heavy atom. The Morgan fingerprint density at radius 1 is 1.32 bits per heavy atom. The molecule has 0 saturated heterocycles. The molecule has 1 aromatic carbocycles. The minimum Gasteiger partial charge on any atom is -0.325 e. The molecule has 19 heavy (non-hydrogen) atoms. The molecule has 106 valence electrons. The first-order chi connectivity index (χ1) is 8.99. The molecule has 1 saturated carbocycles. The standard InChI is InChI=1S/C16H25ClN2/c1-16(19,13-7-3-2-4-8-13)11-15(18)12-6-5-9-14(17)10-12/h5-6,9-10,13,15H,2-4,7-8,11,18-19H2,1H3/t15-,16-/m1/s1. The molecule has 0 aromatic heterocycles. The second-order valence-electron chi connectivity index (χ2n) is 6.21. The fourth-order valence-corrected chi connectivity index (χ4v) is 3.46. The maximum Gasteiger partial charge on any atom is 0.0409 e. The maximum atomic E-state index is 6.55. The van der Waals surface area contributed by atoms with Gasteiger partial charge in [0.15, 0.2) is 0 Å². The Kier molecular flexibility index (Phi) is 4.88. The molecule has 3 heteroatoms. The fourth-order valence-electron chi connectivity index (χ4n) is 3.26. The van der Waals surface area contributed by atoms with Crippen LogP contribution >= 0.6 is 11.6 Å². The van der Waals surface area contributed by atoms with Crippen molar-refractivity contribution in [3.05, 3.63) is 34.9 Å². The zero-order valence-corrected chi connectivity index (χ0v) is 12.5. The summed E-state index contributed by atoms with van der Waals surface area (Å²) < 4.78 is 0. The number of hydrogen-bond donors (Lipinski definition) is 2. The van der Waals surface area contributed by atoms with Gasteiger partial charge >= 0.3 is 0 Å². The van der Waals surface area contributed by atoms with E-state index >= 15 is 0 Å². The number of benzene rings is 1. The SMILES string of the molecule is C[C@@](N)(C[C@@H](N)c1cccc(Cl)c1)C1CCCCC1. The monoisotopic (exact) mass is 280 g/mol. The van der Waals surface area contributed by atoms with Crippen LogP contribution in [-0.2, 0) is 0 Å². The van der Waals surface area contributed by atoms with E-state index < -0.39 is 0 Å². The Bertz CT molecular complexity index is 411. The van der Waals surface area contributed by atoms with Crippen LogP contribution in [0.3, 0.4) is 0 Å². The van der Waals surface area contributed by atoms with E-state index in [0.29, 0.717) is 5.92 Å². The van der Waals surface area contributed by atoms with Crippen molar-refractivity contribution >= 4 is 11.6 Å². The van der Waals surface area contributed by atoms with Crippen LogP contribution in [0.5, 0.6) is 0 Å². The molecule has 0 radical (unpaired) electrons. The van der Waals surface area contributed by atoms with Crippen LogP contribution in [0.1, 0.15) is 57.1 Å². The number of halogens is 1. The summed E-state index contributed by atoms with van der Waals surface area (Å²) in [5.74, 6) is 0.603. The molecule has 1 aliphatic carbocycles. The van der Waals surface area contributed by atoms with Gasteiger partial charge < -0.3 is 11.5 Å². The Morgan fingerprint density at radius 2 is 2.00 bits per heavy atom. The second kappa shape index (κ2) is 6.25. The van der Waals surface area contributed by atoms with Crippen molar-refractivity contribution in [3.63, 3.8) is 0 Å². The molecule has 1 aliphatic rings. The highest BCUT2D eigenvalue weighted by molar-refractivity contribution is 6.30. The molecule has 1 aromatic rings. The van der Waals surface area contributed by atoms with E-state index in [4.69, 9.17) is 23.1 Å². The number of nitrogens with two attached hydrogens (primary N) is 2. The number of rotatable bonds is 4. The largest absolute Gasteiger partial charge is 0.325 e. The van der Waals surface area contributed by atoms with Gasteiger partial charge in [-0.05, 0) is 49.8 Å². The maximum absolute atomic E-state index is 6.55. The van der Waals surface area contributed by atoms with Gasteiger partial charge in [0.1, 0.15) is 0 Å². The van der Waals surface area contributed by atoms with E-state index in [9.17, 15) is 0 Å². The minimum atomic E-state index is -0.178. The normalized spacial score (nSPS) is 21.9. The van der Waals surface area contributed by atoms with Crippen molar-refractivity contribution in [2.75, 3.05) is 0 Å². The van der Waals surface area contributed by atoms with Crippen LogP contribution in [0, 0.1) is 5.92 Å². The third-order valence-electron chi connectivity index (χ3n) is 4.47. The summed E-state index contributed by atoms with van der Waals surface area (Å²) in [6.45, 7) is 2.16. The average molecular weight is 281 g/mol. The van der Waals surface area contributed by atoms with Gasteiger partial charge in [0.2, 0.25) is 0 Å². The van der Waals surface area contributed by atoms with Gasteiger partial charge in [0, 0.05) is 16.6 Å². The van der Waals surface area contributed by atoms with Gasteiger partial charge in [0.05, 0.1) is 0 Å². The first-order valence-electron chi connectivity index (χ1n) is 7.29. The van der Waals surface area contributed by atoms with Crippen LogP contribution in [-0.4, -0.2) is 5.54 Å². The molecule has 0 unspecified atom stereocenters. The summed E-state index contributed by atoms with van der Waals surface area (Å²) in [6.07, 6.45) is 7.28. The molecule has 0 bridgehead atoms. The molecule has 0 heterocycles. The van der Waals surface area contributed by atoms with Crippen molar-refractivity contribution in [3.8, 4) is 0 Å². The summed E-state index contributed by atoms with van der Waals surface area (Å²) in [5, 5.41) is 0.740. The highest BCUT2D eigenvalue weighted by atomic mass is 35.5. The van der Waals surface area contributed by atoms with Gasteiger partial charge in [-0.15, -0.1) is 0 Å². The number of hydrogen-bond acceptors (Lipinski definition) is 2. The van der Waals surface area contributed by atoms with E-state index in [1.165, 1.54) is 32.1 Å². The molecule has 2 nitrogen and oxygen atoms in total. The van der Waals surface area contributed by atoms with Gasteiger partial charge in [-0.2, -0.15) is 0 Å². The predicted octanol–water partition coefficient (Wildman–Crippen LogP) is 4.03. The molecule has 0 spiro atoms. The van der Waals surface area contributed by atoms with E-state index in [1.807, 2.05) is 24.3 Å². The molecular formula is C16H25ClN2. The van der Waals surface area contributed by atoms with Crippen LogP contribution < -0.4 is 11.5 Å². The Hall–Kier alpha value is -0.570. The van der Waals surface area contributed by atoms with Crippen molar-refractivity contribution in [1.82, 2.24) is 0 Å². The first kappa shape index (κ1) is 14.8. The lowest BCUT2D eigenvalue weighted by Crippen LogP contribution is -2.47. The summed E-state index contributed by atoms with van der Waals surface area (Å²) in [6, 6.07) is 7.78. The molecule has 1 fully saturated rings. The summed E-state index contributed by atoms with van der Waals surface area (Å²) in [4.78, 5) is 0. The third-order valence-corrected chi connectivity index (χ3v) is 4.71. The Balaban J connectivity index is 2.02. The van der Waals surface area contributed by atoms with Crippen LogP contribution in [0.4, 0.5) is 0 Å². The van der Waals surface area contributed by atoms with E-state index in [0.717, 1.165) is 17.0 Å². The minimum absolute atomic E-state index is 0.0318.